The zero-order chi connectivity index (χ0) is 19.9. The van der Waals surface area contributed by atoms with Crippen LogP contribution in [0.5, 0.6) is 0 Å². The van der Waals surface area contributed by atoms with Crippen molar-refractivity contribution in [2.24, 2.45) is 5.92 Å². The van der Waals surface area contributed by atoms with E-state index >= 15 is 0 Å². The summed E-state index contributed by atoms with van der Waals surface area (Å²) < 4.78 is 10.1. The lowest BCUT2D eigenvalue weighted by molar-refractivity contribution is -0.127. The van der Waals surface area contributed by atoms with Gasteiger partial charge in [0.05, 0.1) is 13.2 Å². The molecular formula is C21H32ClN3O4. The lowest BCUT2D eigenvalue weighted by Crippen LogP contribution is -2.44. The maximum atomic E-state index is 13.1. The molecule has 2 aliphatic rings. The van der Waals surface area contributed by atoms with Crippen molar-refractivity contribution >= 4 is 35.6 Å². The van der Waals surface area contributed by atoms with Crippen LogP contribution in [0.25, 0.3) is 0 Å². The third kappa shape index (κ3) is 6.07. The Morgan fingerprint density at radius 2 is 1.97 bits per heavy atom. The van der Waals surface area contributed by atoms with E-state index in [0.717, 1.165) is 62.0 Å². The van der Waals surface area contributed by atoms with Gasteiger partial charge in [0.2, 0.25) is 11.8 Å². The van der Waals surface area contributed by atoms with E-state index in [1.807, 2.05) is 23.1 Å². The number of anilines is 2. The van der Waals surface area contributed by atoms with Crippen molar-refractivity contribution in [3.05, 3.63) is 23.8 Å². The normalized spacial score (nSPS) is 21.1. The van der Waals surface area contributed by atoms with Gasteiger partial charge < -0.3 is 25.4 Å². The van der Waals surface area contributed by atoms with Crippen LogP contribution < -0.4 is 16.0 Å². The van der Waals surface area contributed by atoms with Crippen molar-refractivity contribution in [3.8, 4) is 0 Å². The van der Waals surface area contributed by atoms with E-state index < -0.39 is 0 Å². The number of nitrogen functional groups attached to an aromatic ring is 1. The molecule has 162 valence electrons. The van der Waals surface area contributed by atoms with E-state index in [-0.39, 0.29) is 42.8 Å². The van der Waals surface area contributed by atoms with Crippen LogP contribution in [0.4, 0.5) is 11.4 Å². The number of ether oxygens (including phenoxy) is 2. The summed E-state index contributed by atoms with van der Waals surface area (Å²) in [6.07, 6.45) is 5.10. The zero-order valence-electron chi connectivity index (χ0n) is 17.0. The van der Waals surface area contributed by atoms with Gasteiger partial charge in [0.1, 0.15) is 6.61 Å². The number of carbonyl (C=O) groups is 2. The molecule has 0 aromatic heterocycles. The topological polar surface area (TPSA) is 93.9 Å². The van der Waals surface area contributed by atoms with Crippen LogP contribution in [0, 0.1) is 5.92 Å². The maximum Gasteiger partial charge on any atom is 0.246 e. The molecule has 7 nitrogen and oxygen atoms in total. The Hall–Kier alpha value is -1.83. The molecule has 3 N–H and O–H groups in total. The molecule has 1 fully saturated rings. The Balaban J connectivity index is 0.00000300. The van der Waals surface area contributed by atoms with Crippen LogP contribution in [0.1, 0.15) is 37.7 Å². The third-order valence-corrected chi connectivity index (χ3v) is 5.66. The van der Waals surface area contributed by atoms with Gasteiger partial charge in [0.25, 0.3) is 0 Å². The number of rotatable bonds is 7. The second-order valence-electron chi connectivity index (χ2n) is 7.60. The molecule has 0 saturated heterocycles. The molecule has 0 unspecified atom stereocenters. The van der Waals surface area contributed by atoms with Gasteiger partial charge >= 0.3 is 0 Å². The Morgan fingerprint density at radius 1 is 1.21 bits per heavy atom. The van der Waals surface area contributed by atoms with E-state index in [4.69, 9.17) is 15.2 Å². The molecular weight excluding hydrogens is 394 g/mol. The first-order valence-corrected chi connectivity index (χ1v) is 10.1. The average molecular weight is 426 g/mol. The van der Waals surface area contributed by atoms with Crippen molar-refractivity contribution in [1.29, 1.82) is 0 Å². The molecule has 8 heteroatoms. The maximum absolute atomic E-state index is 13.1. The molecule has 1 aromatic rings. The molecule has 1 aliphatic heterocycles. The first-order chi connectivity index (χ1) is 13.6. The van der Waals surface area contributed by atoms with Crippen LogP contribution in [0.15, 0.2) is 18.2 Å². The van der Waals surface area contributed by atoms with Crippen LogP contribution in [-0.2, 0) is 25.5 Å². The fourth-order valence-corrected chi connectivity index (χ4v) is 4.16. The number of amides is 2. The largest absolute Gasteiger partial charge is 0.398 e. The number of nitrogens with zero attached hydrogens (tertiary/aromatic N) is 1. The number of hydrogen-bond acceptors (Lipinski definition) is 5. The van der Waals surface area contributed by atoms with Crippen molar-refractivity contribution < 1.29 is 19.1 Å². The number of fused-ring (bicyclic) bond motifs is 1. The predicted octanol–water partition coefficient (Wildman–Crippen LogP) is 2.31. The summed E-state index contributed by atoms with van der Waals surface area (Å²) in [6.45, 7) is 1.69. The quantitative estimate of drug-likeness (QED) is 0.516. The van der Waals surface area contributed by atoms with Gasteiger partial charge in [-0.2, -0.15) is 0 Å². The highest BCUT2D eigenvalue weighted by molar-refractivity contribution is 5.97. The monoisotopic (exact) mass is 425 g/mol. The van der Waals surface area contributed by atoms with Crippen LogP contribution in [0.2, 0.25) is 0 Å². The smallest absolute Gasteiger partial charge is 0.246 e. The van der Waals surface area contributed by atoms with E-state index in [9.17, 15) is 9.59 Å². The van der Waals surface area contributed by atoms with Crippen molar-refractivity contribution in [3.63, 3.8) is 0 Å². The number of halogens is 1. The Morgan fingerprint density at radius 3 is 2.69 bits per heavy atom. The summed E-state index contributed by atoms with van der Waals surface area (Å²) in [5, 5.41) is 3.01. The Bertz CT molecular complexity index is 693. The number of methoxy groups -OCH3 is 1. The van der Waals surface area contributed by atoms with Gasteiger partial charge in [-0.25, -0.2) is 0 Å². The van der Waals surface area contributed by atoms with Crippen LogP contribution >= 0.6 is 12.4 Å². The summed E-state index contributed by atoms with van der Waals surface area (Å²) in [6, 6.07) is 5.94. The fourth-order valence-electron chi connectivity index (χ4n) is 4.16. The standard InChI is InChI=1S/C21H31N3O4.ClH/c1-27-12-13-28-14-20(25)23-16-9-7-15(8-10-16)21(26)24-11-3-4-17-18(22)5-2-6-19(17)24;/h2,5-6,15-16H,3-4,7-14,22H2,1H3,(H,23,25);1H. The minimum absolute atomic E-state index is 0. The first-order valence-electron chi connectivity index (χ1n) is 10.1. The molecule has 0 bridgehead atoms. The minimum Gasteiger partial charge on any atom is -0.398 e. The highest BCUT2D eigenvalue weighted by Crippen LogP contribution is 2.34. The van der Waals surface area contributed by atoms with Gasteiger partial charge in [0, 0.05) is 37.0 Å². The Labute approximate surface area is 178 Å². The molecule has 3 rings (SSSR count). The molecule has 1 aromatic carbocycles. The number of carbonyl (C=O) groups excluding carboxylic acids is 2. The minimum atomic E-state index is -0.105. The first kappa shape index (κ1) is 23.4. The summed E-state index contributed by atoms with van der Waals surface area (Å²) in [5.41, 5.74) is 8.94. The lowest BCUT2D eigenvalue weighted by Gasteiger charge is -2.35. The molecule has 2 amide bonds. The van der Waals surface area contributed by atoms with E-state index in [0.29, 0.717) is 13.2 Å². The number of hydrogen-bond donors (Lipinski definition) is 2. The summed E-state index contributed by atoms with van der Waals surface area (Å²) in [5.74, 6) is 0.101. The molecule has 1 heterocycles. The predicted molar refractivity (Wildman–Crippen MR) is 115 cm³/mol. The van der Waals surface area contributed by atoms with Crippen molar-refractivity contribution in [2.75, 3.05) is 44.1 Å². The van der Waals surface area contributed by atoms with Gasteiger partial charge in [0.15, 0.2) is 0 Å². The molecule has 0 atom stereocenters. The number of benzene rings is 1. The van der Waals surface area contributed by atoms with Gasteiger partial charge in [-0.05, 0) is 56.2 Å². The van der Waals surface area contributed by atoms with Crippen LogP contribution in [0.3, 0.4) is 0 Å². The summed E-state index contributed by atoms with van der Waals surface area (Å²) in [7, 11) is 1.60. The molecule has 0 radical (unpaired) electrons. The molecule has 1 aliphatic carbocycles. The second-order valence-corrected chi connectivity index (χ2v) is 7.60. The summed E-state index contributed by atoms with van der Waals surface area (Å²) >= 11 is 0. The number of nitrogens with two attached hydrogens (primary N) is 1. The SMILES string of the molecule is COCCOCC(=O)NC1CCC(C(=O)N2CCCc3c(N)cccc32)CC1.Cl. The fraction of sp³-hybridized carbons (Fsp3) is 0.619. The Kier molecular flexibility index (Phi) is 9.20. The van der Waals surface area contributed by atoms with E-state index in [1.54, 1.807) is 7.11 Å². The highest BCUT2D eigenvalue weighted by atomic mass is 35.5. The van der Waals surface area contributed by atoms with Gasteiger partial charge in [-0.1, -0.05) is 6.07 Å². The lowest BCUT2D eigenvalue weighted by atomic mass is 9.84. The van der Waals surface area contributed by atoms with E-state index in [1.165, 1.54) is 0 Å². The van der Waals surface area contributed by atoms with E-state index in [2.05, 4.69) is 5.32 Å². The highest BCUT2D eigenvalue weighted by Gasteiger charge is 2.32. The molecule has 1 saturated carbocycles. The van der Waals surface area contributed by atoms with Gasteiger partial charge in [-0.15, -0.1) is 12.4 Å². The number of nitrogens with one attached hydrogen (secondary N) is 1. The second kappa shape index (κ2) is 11.4. The molecule has 0 spiro atoms. The van der Waals surface area contributed by atoms with Crippen molar-refractivity contribution in [2.45, 2.75) is 44.6 Å². The average Bonchev–Trinajstić information content (AvgIpc) is 2.71. The zero-order valence-corrected chi connectivity index (χ0v) is 17.8. The third-order valence-electron chi connectivity index (χ3n) is 5.66. The molecule has 29 heavy (non-hydrogen) atoms. The van der Waals surface area contributed by atoms with Crippen LogP contribution in [-0.4, -0.2) is 51.3 Å². The van der Waals surface area contributed by atoms with Gasteiger partial charge in [-0.3, -0.25) is 9.59 Å². The summed E-state index contributed by atoms with van der Waals surface area (Å²) in [4.78, 5) is 27.0. The van der Waals surface area contributed by atoms with Crippen molar-refractivity contribution in [1.82, 2.24) is 5.32 Å².